The van der Waals surface area contributed by atoms with Crippen molar-refractivity contribution in [2.75, 3.05) is 19.2 Å². The number of anilines is 1. The Morgan fingerprint density at radius 1 is 0.882 bits per heavy atom. The molecule has 3 amide bonds. The number of nitrogens with one attached hydrogen (secondary N) is 1. The Hall–Kier alpha value is -4.72. The van der Waals surface area contributed by atoms with Gasteiger partial charge < -0.3 is 14.8 Å². The summed E-state index contributed by atoms with van der Waals surface area (Å²) in [4.78, 5) is 50.8. The van der Waals surface area contributed by atoms with Crippen LogP contribution in [0.1, 0.15) is 36.6 Å². The summed E-state index contributed by atoms with van der Waals surface area (Å²) in [6, 6.07) is 19.8. The fourth-order valence-electron chi connectivity index (χ4n) is 3.39. The van der Waals surface area contributed by atoms with E-state index in [0.717, 1.165) is 10.5 Å². The van der Waals surface area contributed by atoms with Gasteiger partial charge in [-0.3, -0.25) is 14.4 Å². The van der Waals surface area contributed by atoms with E-state index in [1.54, 1.807) is 79.9 Å². The van der Waals surface area contributed by atoms with Crippen LogP contribution in [0.3, 0.4) is 0 Å². The molecule has 1 N–H and O–H groups in total. The van der Waals surface area contributed by atoms with Crippen LogP contribution in [0, 0.1) is 0 Å². The summed E-state index contributed by atoms with van der Waals surface area (Å²) in [6.45, 7) is -0.537. The molecule has 0 fully saturated rings. The van der Waals surface area contributed by atoms with E-state index in [9.17, 15) is 19.2 Å². The van der Waals surface area contributed by atoms with Gasteiger partial charge in [0.25, 0.3) is 11.8 Å². The largest absolute Gasteiger partial charge is 0.497 e. The Morgan fingerprint density at radius 3 is 2.15 bits per heavy atom. The predicted molar refractivity (Wildman–Crippen MR) is 124 cm³/mol. The molecule has 8 heteroatoms. The average Bonchev–Trinajstić information content (AvgIpc) is 3.11. The first-order chi connectivity index (χ1) is 16.5. The lowest BCUT2D eigenvalue weighted by atomic mass is 10.1. The minimum atomic E-state index is -0.786. The predicted octanol–water partition coefficient (Wildman–Crippen LogP) is 3.76. The maximum Gasteiger partial charge on any atom is 0.341 e. The van der Waals surface area contributed by atoms with Crippen LogP contribution in [0.4, 0.5) is 5.69 Å². The summed E-state index contributed by atoms with van der Waals surface area (Å²) >= 11 is 0. The standard InChI is InChI=1S/C26H20N2O6/c1-33-18-13-10-17(11-14-18)12-15-23(29)27-22-9-5-4-8-21(22)26(32)34-16-28-24(30)19-6-2-3-7-20(19)25(28)31/h2-15H,16H2,1H3,(H,27,29)/b15-12-. The van der Waals surface area contributed by atoms with E-state index in [1.807, 2.05) is 0 Å². The third kappa shape index (κ3) is 4.71. The Labute approximate surface area is 195 Å². The number of benzene rings is 3. The molecule has 0 radical (unpaired) electrons. The molecule has 1 aliphatic heterocycles. The van der Waals surface area contributed by atoms with Crippen LogP contribution in [-0.2, 0) is 9.53 Å². The molecule has 4 rings (SSSR count). The van der Waals surface area contributed by atoms with E-state index in [0.29, 0.717) is 5.75 Å². The van der Waals surface area contributed by atoms with Gasteiger partial charge in [-0.05, 0) is 48.0 Å². The zero-order valence-corrected chi connectivity index (χ0v) is 18.2. The number of esters is 1. The van der Waals surface area contributed by atoms with Gasteiger partial charge in [-0.25, -0.2) is 9.69 Å². The number of hydrogen-bond donors (Lipinski definition) is 1. The van der Waals surface area contributed by atoms with E-state index in [1.165, 1.54) is 12.1 Å². The molecular weight excluding hydrogens is 436 g/mol. The zero-order valence-electron chi connectivity index (χ0n) is 18.2. The molecule has 0 unspecified atom stereocenters. The summed E-state index contributed by atoms with van der Waals surface area (Å²) in [5, 5.41) is 2.65. The van der Waals surface area contributed by atoms with Crippen LogP contribution in [0.2, 0.25) is 0 Å². The van der Waals surface area contributed by atoms with E-state index >= 15 is 0 Å². The smallest absolute Gasteiger partial charge is 0.341 e. The molecule has 0 aromatic heterocycles. The SMILES string of the molecule is COc1ccc(/C=C\C(=O)Nc2ccccc2C(=O)OCN2C(=O)c3ccccc3C2=O)cc1. The molecule has 34 heavy (non-hydrogen) atoms. The molecule has 1 aliphatic rings. The molecule has 1 heterocycles. The molecule has 170 valence electrons. The first-order valence-corrected chi connectivity index (χ1v) is 10.3. The number of imide groups is 1. The molecular formula is C26H20N2O6. The van der Waals surface area contributed by atoms with Crippen LogP contribution in [0.15, 0.2) is 78.9 Å². The highest BCUT2D eigenvalue weighted by molar-refractivity contribution is 6.21. The zero-order chi connectivity index (χ0) is 24.1. The normalized spacial score (nSPS) is 12.6. The second-order valence-corrected chi connectivity index (χ2v) is 7.29. The van der Waals surface area contributed by atoms with Gasteiger partial charge in [0.2, 0.25) is 5.91 Å². The van der Waals surface area contributed by atoms with Gasteiger partial charge in [0.15, 0.2) is 6.73 Å². The molecule has 0 atom stereocenters. The number of carbonyl (C=O) groups is 4. The Kier molecular flexibility index (Phi) is 6.49. The molecule has 0 saturated carbocycles. The maximum absolute atomic E-state index is 12.7. The summed E-state index contributed by atoms with van der Waals surface area (Å²) in [5.41, 5.74) is 1.65. The second kappa shape index (κ2) is 9.83. The lowest BCUT2D eigenvalue weighted by Crippen LogP contribution is -2.33. The second-order valence-electron chi connectivity index (χ2n) is 7.29. The number of hydrogen-bond acceptors (Lipinski definition) is 6. The maximum atomic E-state index is 12.7. The third-order valence-electron chi connectivity index (χ3n) is 5.15. The van der Waals surface area contributed by atoms with Gasteiger partial charge in [-0.1, -0.05) is 36.4 Å². The van der Waals surface area contributed by atoms with Crippen molar-refractivity contribution in [3.63, 3.8) is 0 Å². The Morgan fingerprint density at radius 2 is 1.50 bits per heavy atom. The van der Waals surface area contributed by atoms with Gasteiger partial charge in [0.05, 0.1) is 29.5 Å². The number of rotatable bonds is 7. The van der Waals surface area contributed by atoms with E-state index < -0.39 is 30.4 Å². The van der Waals surface area contributed by atoms with Crippen molar-refractivity contribution in [3.05, 3.63) is 101 Å². The number of ether oxygens (including phenoxy) is 2. The van der Waals surface area contributed by atoms with Crippen LogP contribution in [0.25, 0.3) is 6.08 Å². The van der Waals surface area contributed by atoms with Crippen LogP contribution in [0.5, 0.6) is 5.75 Å². The average molecular weight is 456 g/mol. The number of carbonyl (C=O) groups excluding carboxylic acids is 4. The Balaban J connectivity index is 1.40. The number of amides is 3. The summed E-state index contributed by atoms with van der Waals surface area (Å²) < 4.78 is 10.3. The van der Waals surface area contributed by atoms with E-state index in [4.69, 9.17) is 9.47 Å². The summed E-state index contributed by atoms with van der Waals surface area (Å²) in [7, 11) is 1.57. The number of methoxy groups -OCH3 is 1. The fraction of sp³-hybridized carbons (Fsp3) is 0.0769. The topological polar surface area (TPSA) is 102 Å². The quantitative estimate of drug-likeness (QED) is 0.330. The third-order valence-corrected chi connectivity index (χ3v) is 5.15. The molecule has 3 aromatic carbocycles. The molecule has 0 spiro atoms. The molecule has 0 saturated heterocycles. The van der Waals surface area contributed by atoms with E-state index in [-0.39, 0.29) is 22.4 Å². The highest BCUT2D eigenvalue weighted by Gasteiger charge is 2.35. The number of nitrogens with zero attached hydrogens (tertiary/aromatic N) is 1. The first-order valence-electron chi connectivity index (χ1n) is 10.3. The highest BCUT2D eigenvalue weighted by atomic mass is 16.5. The van der Waals surface area contributed by atoms with Crippen LogP contribution >= 0.6 is 0 Å². The van der Waals surface area contributed by atoms with Crippen molar-refractivity contribution >= 4 is 35.5 Å². The molecule has 0 bridgehead atoms. The van der Waals surface area contributed by atoms with Gasteiger partial charge in [-0.2, -0.15) is 0 Å². The van der Waals surface area contributed by atoms with Crippen molar-refractivity contribution in [2.24, 2.45) is 0 Å². The van der Waals surface area contributed by atoms with Gasteiger partial charge in [0.1, 0.15) is 5.75 Å². The van der Waals surface area contributed by atoms with Crippen molar-refractivity contribution in [1.29, 1.82) is 0 Å². The minimum absolute atomic E-state index is 0.0882. The van der Waals surface area contributed by atoms with Crippen molar-refractivity contribution in [1.82, 2.24) is 4.90 Å². The minimum Gasteiger partial charge on any atom is -0.497 e. The molecule has 0 aliphatic carbocycles. The van der Waals surface area contributed by atoms with Crippen LogP contribution in [-0.4, -0.2) is 42.4 Å². The van der Waals surface area contributed by atoms with Crippen molar-refractivity contribution < 1.29 is 28.7 Å². The number of fused-ring (bicyclic) bond motifs is 1. The fourth-order valence-corrected chi connectivity index (χ4v) is 3.39. The molecule has 3 aromatic rings. The van der Waals surface area contributed by atoms with Crippen molar-refractivity contribution in [2.45, 2.75) is 0 Å². The lowest BCUT2D eigenvalue weighted by molar-refractivity contribution is -0.111. The van der Waals surface area contributed by atoms with Crippen molar-refractivity contribution in [3.8, 4) is 5.75 Å². The van der Waals surface area contributed by atoms with Crippen LogP contribution < -0.4 is 10.1 Å². The van der Waals surface area contributed by atoms with E-state index in [2.05, 4.69) is 5.32 Å². The number of para-hydroxylation sites is 1. The highest BCUT2D eigenvalue weighted by Crippen LogP contribution is 2.23. The van der Waals surface area contributed by atoms with Gasteiger partial charge in [0, 0.05) is 6.08 Å². The van der Waals surface area contributed by atoms with Gasteiger partial charge in [-0.15, -0.1) is 0 Å². The first kappa shape index (κ1) is 22.5. The monoisotopic (exact) mass is 456 g/mol. The lowest BCUT2D eigenvalue weighted by Gasteiger charge is -2.15. The Bertz CT molecular complexity index is 1260. The van der Waals surface area contributed by atoms with Gasteiger partial charge >= 0.3 is 5.97 Å². The summed E-state index contributed by atoms with van der Waals surface area (Å²) in [5.74, 6) is -1.59. The molecule has 8 nitrogen and oxygen atoms in total. The summed E-state index contributed by atoms with van der Waals surface area (Å²) in [6.07, 6.45) is 2.96.